The van der Waals surface area contributed by atoms with Crippen molar-refractivity contribution in [3.8, 4) is 11.4 Å². The van der Waals surface area contributed by atoms with Crippen molar-refractivity contribution in [1.82, 2.24) is 39.7 Å². The van der Waals surface area contributed by atoms with Crippen molar-refractivity contribution in [1.29, 1.82) is 0 Å². The zero-order valence-corrected chi connectivity index (χ0v) is 18.1. The second-order valence-electron chi connectivity index (χ2n) is 8.17. The van der Waals surface area contributed by atoms with Gasteiger partial charge in [-0.1, -0.05) is 0 Å². The number of likely N-dealkylation sites (tertiary alicyclic amines) is 1. The van der Waals surface area contributed by atoms with Crippen LogP contribution in [0.15, 0.2) is 18.7 Å². The third kappa shape index (κ3) is 3.63. The minimum absolute atomic E-state index is 0.00935. The Morgan fingerprint density at radius 2 is 2.03 bits per heavy atom. The number of aromatic nitrogens is 6. The standard InChI is InChI=1S/C21H25N9O2/c1-3-30-19(13-8-22-12(2)23-9-13)28-17-18(24-11-25-20(17)30)26-14-6-7-29(10-14)21(32)15-4-5-16(31)27-15/h8-9,11,14-15H,3-7,10H2,1-2H3,(H,27,31)(H,24,25,26)/t14-,15?/m0/s1. The van der Waals surface area contributed by atoms with Crippen molar-refractivity contribution >= 4 is 28.8 Å². The highest BCUT2D eigenvalue weighted by atomic mass is 16.2. The van der Waals surface area contributed by atoms with E-state index in [9.17, 15) is 9.59 Å². The Balaban J connectivity index is 1.37. The third-order valence-electron chi connectivity index (χ3n) is 6.02. The molecule has 2 amide bonds. The van der Waals surface area contributed by atoms with Crippen LogP contribution in [0.4, 0.5) is 5.82 Å². The Kier molecular flexibility index (Phi) is 5.16. The van der Waals surface area contributed by atoms with Gasteiger partial charge in [0, 0.05) is 44.5 Å². The molecule has 0 radical (unpaired) electrons. The predicted molar refractivity (Wildman–Crippen MR) is 117 cm³/mol. The van der Waals surface area contributed by atoms with E-state index in [1.165, 1.54) is 6.33 Å². The van der Waals surface area contributed by atoms with Crippen LogP contribution in [0, 0.1) is 6.92 Å². The summed E-state index contributed by atoms with van der Waals surface area (Å²) in [7, 11) is 0. The molecule has 0 spiro atoms. The van der Waals surface area contributed by atoms with Gasteiger partial charge in [-0.25, -0.2) is 24.9 Å². The van der Waals surface area contributed by atoms with Crippen LogP contribution in [0.25, 0.3) is 22.6 Å². The lowest BCUT2D eigenvalue weighted by molar-refractivity contribution is -0.133. The molecule has 0 saturated carbocycles. The van der Waals surface area contributed by atoms with Crippen LogP contribution in [-0.2, 0) is 16.1 Å². The number of fused-ring (bicyclic) bond motifs is 1. The highest BCUT2D eigenvalue weighted by molar-refractivity contribution is 5.91. The number of hydrogen-bond acceptors (Lipinski definition) is 8. The van der Waals surface area contributed by atoms with Crippen LogP contribution in [-0.4, -0.2) is 71.4 Å². The Morgan fingerprint density at radius 1 is 1.22 bits per heavy atom. The SMILES string of the molecule is CCn1c(-c2cnc(C)nc2)nc2c(N[C@H]3CCN(C(=O)C4CCC(=O)N4)C3)ncnc21. The van der Waals surface area contributed by atoms with Crippen molar-refractivity contribution in [3.63, 3.8) is 0 Å². The zero-order valence-electron chi connectivity index (χ0n) is 18.1. The molecule has 0 aromatic carbocycles. The van der Waals surface area contributed by atoms with Gasteiger partial charge in [0.2, 0.25) is 11.8 Å². The molecule has 0 bridgehead atoms. The first kappa shape index (κ1) is 20.3. The molecule has 5 heterocycles. The summed E-state index contributed by atoms with van der Waals surface area (Å²) in [6.45, 7) is 5.78. The molecule has 2 aliphatic heterocycles. The maximum absolute atomic E-state index is 12.7. The van der Waals surface area contributed by atoms with Crippen LogP contribution in [0.3, 0.4) is 0 Å². The number of carbonyl (C=O) groups excluding carboxylic acids is 2. The topological polar surface area (TPSA) is 131 Å². The second-order valence-corrected chi connectivity index (χ2v) is 8.17. The van der Waals surface area contributed by atoms with Crippen molar-refractivity contribution in [2.75, 3.05) is 18.4 Å². The molecule has 2 atom stereocenters. The summed E-state index contributed by atoms with van der Waals surface area (Å²) in [5.41, 5.74) is 2.23. The highest BCUT2D eigenvalue weighted by Crippen LogP contribution is 2.27. The smallest absolute Gasteiger partial charge is 0.245 e. The number of rotatable bonds is 5. The fourth-order valence-corrected chi connectivity index (χ4v) is 4.36. The van der Waals surface area contributed by atoms with Gasteiger partial charge in [0.1, 0.15) is 24.0 Å². The summed E-state index contributed by atoms with van der Waals surface area (Å²) in [4.78, 5) is 48.3. The molecule has 11 nitrogen and oxygen atoms in total. The van der Waals surface area contributed by atoms with Gasteiger partial charge in [-0.2, -0.15) is 0 Å². The van der Waals surface area contributed by atoms with Gasteiger partial charge in [0.15, 0.2) is 17.0 Å². The number of hydrogen-bond donors (Lipinski definition) is 2. The monoisotopic (exact) mass is 435 g/mol. The van der Waals surface area contributed by atoms with E-state index in [1.807, 2.05) is 23.3 Å². The van der Waals surface area contributed by atoms with E-state index >= 15 is 0 Å². The fraction of sp³-hybridized carbons (Fsp3) is 0.476. The zero-order chi connectivity index (χ0) is 22.2. The van der Waals surface area contributed by atoms with Gasteiger partial charge < -0.3 is 20.1 Å². The second kappa shape index (κ2) is 8.13. The predicted octanol–water partition coefficient (Wildman–Crippen LogP) is 0.903. The van der Waals surface area contributed by atoms with E-state index in [-0.39, 0.29) is 17.9 Å². The molecule has 32 heavy (non-hydrogen) atoms. The normalized spacial score (nSPS) is 20.7. The van der Waals surface area contributed by atoms with E-state index in [0.717, 1.165) is 23.5 Å². The van der Waals surface area contributed by atoms with Gasteiger partial charge in [0.25, 0.3) is 0 Å². The number of carbonyl (C=O) groups is 2. The number of nitrogens with one attached hydrogen (secondary N) is 2. The van der Waals surface area contributed by atoms with E-state index in [0.29, 0.717) is 49.6 Å². The summed E-state index contributed by atoms with van der Waals surface area (Å²) < 4.78 is 2.02. The summed E-state index contributed by atoms with van der Waals surface area (Å²) in [5.74, 6) is 2.02. The number of nitrogens with zero attached hydrogens (tertiary/aromatic N) is 7. The van der Waals surface area contributed by atoms with Crippen LogP contribution < -0.4 is 10.6 Å². The van der Waals surface area contributed by atoms with Crippen molar-refractivity contribution in [3.05, 3.63) is 24.5 Å². The average molecular weight is 435 g/mol. The minimum atomic E-state index is -0.397. The molecule has 3 aromatic rings. The van der Waals surface area contributed by atoms with Gasteiger partial charge in [-0.15, -0.1) is 0 Å². The minimum Gasteiger partial charge on any atom is -0.364 e. The van der Waals surface area contributed by atoms with Gasteiger partial charge in [0.05, 0.1) is 5.56 Å². The van der Waals surface area contributed by atoms with E-state index in [4.69, 9.17) is 4.98 Å². The maximum Gasteiger partial charge on any atom is 0.245 e. The van der Waals surface area contributed by atoms with Crippen molar-refractivity contribution in [2.45, 2.75) is 51.7 Å². The molecule has 11 heteroatoms. The summed E-state index contributed by atoms with van der Waals surface area (Å²) in [5, 5.41) is 6.21. The molecule has 2 saturated heterocycles. The Labute approximate surface area is 184 Å². The fourth-order valence-electron chi connectivity index (χ4n) is 4.36. The molecule has 5 rings (SSSR count). The Bertz CT molecular complexity index is 1170. The molecule has 166 valence electrons. The van der Waals surface area contributed by atoms with Crippen LogP contribution in [0.5, 0.6) is 0 Å². The Hall–Kier alpha value is -3.63. The highest BCUT2D eigenvalue weighted by Gasteiger charge is 2.34. The van der Waals surface area contributed by atoms with E-state index < -0.39 is 6.04 Å². The average Bonchev–Trinajstić information content (AvgIpc) is 3.52. The molecule has 3 aromatic heterocycles. The molecule has 2 fully saturated rings. The van der Waals surface area contributed by atoms with Crippen molar-refractivity contribution < 1.29 is 9.59 Å². The van der Waals surface area contributed by atoms with Gasteiger partial charge in [-0.3, -0.25) is 9.59 Å². The molecular weight excluding hydrogens is 410 g/mol. The summed E-state index contributed by atoms with van der Waals surface area (Å²) in [6.07, 6.45) is 6.83. The molecule has 0 aliphatic carbocycles. The van der Waals surface area contributed by atoms with E-state index in [2.05, 4.69) is 30.6 Å². The first-order chi connectivity index (χ1) is 15.5. The molecule has 2 N–H and O–H groups in total. The third-order valence-corrected chi connectivity index (χ3v) is 6.02. The number of imidazole rings is 1. The summed E-state index contributed by atoms with van der Waals surface area (Å²) in [6, 6.07) is -0.348. The lowest BCUT2D eigenvalue weighted by atomic mass is 10.2. The Morgan fingerprint density at radius 3 is 2.75 bits per heavy atom. The largest absolute Gasteiger partial charge is 0.364 e. The van der Waals surface area contributed by atoms with Crippen molar-refractivity contribution in [2.24, 2.45) is 0 Å². The maximum atomic E-state index is 12.7. The first-order valence-corrected chi connectivity index (χ1v) is 10.9. The number of aryl methyl sites for hydroxylation is 2. The lowest BCUT2D eigenvalue weighted by Gasteiger charge is -2.20. The number of amides is 2. The first-order valence-electron chi connectivity index (χ1n) is 10.9. The lowest BCUT2D eigenvalue weighted by Crippen LogP contribution is -2.44. The molecule has 2 aliphatic rings. The van der Waals surface area contributed by atoms with Gasteiger partial charge >= 0.3 is 0 Å². The quantitative estimate of drug-likeness (QED) is 0.604. The van der Waals surface area contributed by atoms with E-state index in [1.54, 1.807) is 12.4 Å². The van der Waals surface area contributed by atoms with Crippen LogP contribution in [0.2, 0.25) is 0 Å². The molecule has 1 unspecified atom stereocenters. The van der Waals surface area contributed by atoms with Gasteiger partial charge in [-0.05, 0) is 26.7 Å². The number of anilines is 1. The molecular formula is C21H25N9O2. The van der Waals surface area contributed by atoms with Crippen LogP contribution in [0.1, 0.15) is 32.0 Å². The summed E-state index contributed by atoms with van der Waals surface area (Å²) >= 11 is 0. The van der Waals surface area contributed by atoms with Crippen LogP contribution >= 0.6 is 0 Å².